The number of carbonyl (C=O) groups excluding carboxylic acids is 1. The Balaban J connectivity index is 0.000000163. The Bertz CT molecular complexity index is 969. The van der Waals surface area contributed by atoms with Gasteiger partial charge in [0.05, 0.1) is 18.2 Å². The van der Waals surface area contributed by atoms with Gasteiger partial charge in [-0.3, -0.25) is 4.79 Å². The molecular weight excluding hydrogens is 346 g/mol. The van der Waals surface area contributed by atoms with Gasteiger partial charge in [-0.2, -0.15) is 0 Å². The number of amides is 1. The van der Waals surface area contributed by atoms with Gasteiger partial charge in [0.25, 0.3) is 0 Å². The average Bonchev–Trinajstić information content (AvgIpc) is 3.16. The summed E-state index contributed by atoms with van der Waals surface area (Å²) in [4.78, 5) is 15.1. The fraction of sp³-hybridized carbons (Fsp3) is 0.167. The zero-order valence-corrected chi connectivity index (χ0v) is 15.9. The Labute approximate surface area is 166 Å². The Morgan fingerprint density at radius 1 is 1.07 bits per heavy atom. The van der Waals surface area contributed by atoms with Crippen LogP contribution in [0, 0.1) is 0 Å². The highest BCUT2D eigenvalue weighted by Gasteiger charge is 2.21. The lowest BCUT2D eigenvalue weighted by atomic mass is 9.92. The molecule has 0 spiro atoms. The van der Waals surface area contributed by atoms with E-state index in [1.54, 1.807) is 30.4 Å². The largest absolute Gasteiger partial charge is 0.366 e. The van der Waals surface area contributed by atoms with E-state index in [-0.39, 0.29) is 0 Å². The zero-order chi connectivity index (χ0) is 19.9. The molecule has 0 aliphatic heterocycles. The molecule has 1 heterocycles. The highest BCUT2D eigenvalue weighted by atomic mass is 16.1. The summed E-state index contributed by atoms with van der Waals surface area (Å²) in [5.41, 5.74) is 9.94. The second-order valence-electron chi connectivity index (χ2n) is 6.75. The van der Waals surface area contributed by atoms with Gasteiger partial charge in [-0.25, -0.2) is 4.98 Å². The number of nitrogens with two attached hydrogens (primary N) is 1. The molecule has 28 heavy (non-hydrogen) atoms. The summed E-state index contributed by atoms with van der Waals surface area (Å²) in [5, 5.41) is 0. The van der Waals surface area contributed by atoms with Crippen molar-refractivity contribution in [3.05, 3.63) is 90.9 Å². The van der Waals surface area contributed by atoms with Crippen LogP contribution in [0.4, 0.5) is 0 Å². The number of hydrogen-bond acceptors (Lipinski definition) is 2. The highest BCUT2D eigenvalue weighted by molar-refractivity contribution is 5.93. The number of hydrogen-bond donors (Lipinski definition) is 1. The third-order valence-corrected chi connectivity index (χ3v) is 5.01. The lowest BCUT2D eigenvalue weighted by molar-refractivity contribution is 0.100. The van der Waals surface area contributed by atoms with Crippen molar-refractivity contribution in [2.24, 2.45) is 5.73 Å². The summed E-state index contributed by atoms with van der Waals surface area (Å²) in [6, 6.07) is 16.3. The summed E-state index contributed by atoms with van der Waals surface area (Å²) in [6.07, 6.45) is 11.3. The summed E-state index contributed by atoms with van der Waals surface area (Å²) in [7, 11) is 0. The van der Waals surface area contributed by atoms with E-state index in [1.165, 1.54) is 30.5 Å². The van der Waals surface area contributed by atoms with Crippen molar-refractivity contribution in [2.75, 3.05) is 0 Å². The molecule has 0 saturated heterocycles. The predicted octanol–water partition coefficient (Wildman–Crippen LogP) is 5.35. The third-order valence-electron chi connectivity index (χ3n) is 5.01. The lowest BCUT2D eigenvalue weighted by Crippen LogP contribution is -2.16. The van der Waals surface area contributed by atoms with Gasteiger partial charge in [0, 0.05) is 11.6 Å². The van der Waals surface area contributed by atoms with Crippen LogP contribution < -0.4 is 5.73 Å². The number of carbonyl (C=O) groups is 1. The number of aromatic nitrogens is 2. The van der Waals surface area contributed by atoms with Gasteiger partial charge in [0.1, 0.15) is 0 Å². The Morgan fingerprint density at radius 3 is 2.36 bits per heavy atom. The molecule has 3 aromatic rings. The molecule has 1 aliphatic rings. The minimum absolute atomic E-state index is 0.432. The number of benzene rings is 2. The molecule has 0 radical (unpaired) electrons. The van der Waals surface area contributed by atoms with E-state index in [2.05, 4.69) is 47.0 Å². The van der Waals surface area contributed by atoms with Gasteiger partial charge in [-0.15, -0.1) is 0 Å². The van der Waals surface area contributed by atoms with Gasteiger partial charge >= 0.3 is 0 Å². The van der Waals surface area contributed by atoms with Crippen LogP contribution in [-0.4, -0.2) is 15.5 Å². The molecule has 0 atom stereocenters. The number of nitrogens with zero attached hydrogens (tertiary/aromatic N) is 2. The van der Waals surface area contributed by atoms with Crippen molar-refractivity contribution in [1.82, 2.24) is 9.55 Å². The van der Waals surface area contributed by atoms with Gasteiger partial charge in [0.15, 0.2) is 0 Å². The van der Waals surface area contributed by atoms with E-state index in [0.29, 0.717) is 11.6 Å². The number of imidazole rings is 1. The first-order chi connectivity index (χ1) is 13.6. The fourth-order valence-electron chi connectivity index (χ4n) is 3.18. The summed E-state index contributed by atoms with van der Waals surface area (Å²) in [6.45, 7) is 7.29. The van der Waals surface area contributed by atoms with Crippen molar-refractivity contribution in [2.45, 2.75) is 25.3 Å². The molecule has 1 saturated carbocycles. The number of primary amides is 1. The Kier molecular flexibility index (Phi) is 6.22. The molecule has 2 N–H and O–H groups in total. The predicted molar refractivity (Wildman–Crippen MR) is 116 cm³/mol. The van der Waals surface area contributed by atoms with E-state index in [4.69, 9.17) is 5.73 Å². The smallest absolute Gasteiger partial charge is 0.248 e. The van der Waals surface area contributed by atoms with Gasteiger partial charge in [0.2, 0.25) is 5.91 Å². The number of rotatable bonds is 5. The first-order valence-corrected chi connectivity index (χ1v) is 9.40. The molecule has 1 fully saturated rings. The van der Waals surface area contributed by atoms with E-state index in [1.807, 2.05) is 18.6 Å². The summed E-state index contributed by atoms with van der Waals surface area (Å²) >= 11 is 0. The van der Waals surface area contributed by atoms with E-state index >= 15 is 0 Å². The maximum absolute atomic E-state index is 10.8. The molecule has 4 nitrogen and oxygen atoms in total. The molecular formula is C24H25N3O. The standard InChI is InChI=1S/C13H14N2.C11H11NO/c1-2-5-11(6-3-1)13-9-14-10-15(13)12-7-4-8-12;1-3-8-5-6-10(11(12)13)7-9(8)4-2/h1-3,5-6,9-10,12H,4,7-8H2;3-7H,1-2H2,(H2,12,13). The van der Waals surface area contributed by atoms with Gasteiger partial charge in [-0.1, -0.05) is 61.7 Å². The van der Waals surface area contributed by atoms with E-state index < -0.39 is 5.91 Å². The molecule has 1 amide bonds. The maximum atomic E-state index is 10.8. The average molecular weight is 371 g/mol. The van der Waals surface area contributed by atoms with Crippen molar-refractivity contribution in [1.29, 1.82) is 0 Å². The zero-order valence-electron chi connectivity index (χ0n) is 15.9. The molecule has 1 aliphatic carbocycles. The minimum atomic E-state index is -0.432. The van der Waals surface area contributed by atoms with E-state index in [9.17, 15) is 4.79 Å². The molecule has 0 bridgehead atoms. The van der Waals surface area contributed by atoms with Crippen LogP contribution in [0.2, 0.25) is 0 Å². The first-order valence-electron chi connectivity index (χ1n) is 9.40. The van der Waals surface area contributed by atoms with E-state index in [0.717, 1.165) is 11.1 Å². The quantitative estimate of drug-likeness (QED) is 0.657. The normalized spacial score (nSPS) is 13.0. The van der Waals surface area contributed by atoms with Crippen LogP contribution in [0.1, 0.15) is 46.8 Å². The molecule has 2 aromatic carbocycles. The Morgan fingerprint density at radius 2 is 1.79 bits per heavy atom. The van der Waals surface area contributed by atoms with Crippen LogP contribution in [0.5, 0.6) is 0 Å². The third kappa shape index (κ3) is 4.29. The lowest BCUT2D eigenvalue weighted by Gasteiger charge is -2.28. The summed E-state index contributed by atoms with van der Waals surface area (Å²) in [5.74, 6) is -0.432. The van der Waals surface area contributed by atoms with Crippen molar-refractivity contribution in [3.63, 3.8) is 0 Å². The van der Waals surface area contributed by atoms with Crippen molar-refractivity contribution < 1.29 is 4.79 Å². The maximum Gasteiger partial charge on any atom is 0.248 e. The minimum Gasteiger partial charge on any atom is -0.366 e. The highest BCUT2D eigenvalue weighted by Crippen LogP contribution is 2.34. The van der Waals surface area contributed by atoms with Crippen molar-refractivity contribution in [3.8, 4) is 11.3 Å². The van der Waals surface area contributed by atoms with Crippen molar-refractivity contribution >= 4 is 18.1 Å². The molecule has 4 heteroatoms. The first kappa shape index (κ1) is 19.4. The fourth-order valence-corrected chi connectivity index (χ4v) is 3.18. The van der Waals surface area contributed by atoms with Crippen LogP contribution >= 0.6 is 0 Å². The topological polar surface area (TPSA) is 60.9 Å². The van der Waals surface area contributed by atoms with Crippen LogP contribution in [0.25, 0.3) is 23.4 Å². The van der Waals surface area contributed by atoms with Crippen LogP contribution in [0.15, 0.2) is 74.2 Å². The SMILES string of the molecule is C=Cc1ccc(C(N)=O)cc1C=C.c1ccc(-c2cncn2C2CCC2)cc1. The summed E-state index contributed by atoms with van der Waals surface area (Å²) < 4.78 is 2.32. The second kappa shape index (κ2) is 9.00. The second-order valence-corrected chi connectivity index (χ2v) is 6.75. The molecule has 142 valence electrons. The molecule has 0 unspecified atom stereocenters. The molecule has 1 aromatic heterocycles. The molecule has 4 rings (SSSR count). The monoisotopic (exact) mass is 371 g/mol. The van der Waals surface area contributed by atoms with Crippen LogP contribution in [-0.2, 0) is 0 Å². The Hall–Kier alpha value is -3.40. The van der Waals surface area contributed by atoms with Crippen LogP contribution in [0.3, 0.4) is 0 Å². The van der Waals surface area contributed by atoms with Gasteiger partial charge < -0.3 is 10.3 Å². The van der Waals surface area contributed by atoms with Gasteiger partial charge in [-0.05, 0) is 48.1 Å².